The highest BCUT2D eigenvalue weighted by molar-refractivity contribution is 8.13. The normalized spacial score (nSPS) is 13.1. The van der Waals surface area contributed by atoms with E-state index in [4.69, 9.17) is 9.84 Å². The first-order valence-corrected chi connectivity index (χ1v) is 10.3. The highest BCUT2D eigenvalue weighted by atomic mass is 32.2. The molecule has 0 rings (SSSR count). The minimum Gasteiger partial charge on any atom is -0.480 e. The second kappa shape index (κ2) is 13.9. The summed E-state index contributed by atoms with van der Waals surface area (Å²) in [6.45, 7) is 3.78. The summed E-state index contributed by atoms with van der Waals surface area (Å²) in [5.74, 6) is -3.35. The predicted molar refractivity (Wildman–Crippen MR) is 107 cm³/mol. The third-order valence-electron chi connectivity index (χ3n) is 3.92. The summed E-state index contributed by atoms with van der Waals surface area (Å²) < 4.78 is 4.69. The lowest BCUT2D eigenvalue weighted by molar-refractivity contribution is -0.141. The van der Waals surface area contributed by atoms with E-state index in [-0.39, 0.29) is 36.9 Å². The van der Waals surface area contributed by atoms with Crippen molar-refractivity contribution in [3.63, 3.8) is 0 Å². The summed E-state index contributed by atoms with van der Waals surface area (Å²) in [7, 11) is 0. The molecule has 2 amide bonds. The molecule has 2 unspecified atom stereocenters. The molecule has 0 aromatic heterocycles. The molecule has 0 saturated carbocycles. The van der Waals surface area contributed by atoms with Crippen LogP contribution in [-0.4, -0.2) is 81.8 Å². The van der Waals surface area contributed by atoms with Gasteiger partial charge in [-0.05, 0) is 6.42 Å². The van der Waals surface area contributed by atoms with Crippen LogP contribution in [0.2, 0.25) is 0 Å². The Labute approximate surface area is 178 Å². The SMILES string of the molecule is CC(=O)OCCCC(=O)SCC(NC(=O)CCNC(=O)C(O)C(C)(C)CO)C(=O)O. The molecule has 0 aliphatic heterocycles. The van der Waals surface area contributed by atoms with Crippen molar-refractivity contribution in [3.05, 3.63) is 0 Å². The third kappa shape index (κ3) is 11.7. The molecule has 5 N–H and O–H groups in total. The number of nitrogens with one attached hydrogen (secondary N) is 2. The van der Waals surface area contributed by atoms with E-state index in [2.05, 4.69) is 10.6 Å². The number of hydrogen-bond acceptors (Lipinski definition) is 9. The van der Waals surface area contributed by atoms with Crippen molar-refractivity contribution in [1.29, 1.82) is 0 Å². The Morgan fingerprint density at radius 2 is 1.77 bits per heavy atom. The van der Waals surface area contributed by atoms with Crippen molar-refractivity contribution < 1.29 is 44.0 Å². The van der Waals surface area contributed by atoms with E-state index >= 15 is 0 Å². The minimum atomic E-state index is -1.47. The van der Waals surface area contributed by atoms with Crippen molar-refractivity contribution in [2.24, 2.45) is 5.41 Å². The molecule has 12 heteroatoms. The van der Waals surface area contributed by atoms with E-state index in [1.807, 2.05) is 0 Å². The van der Waals surface area contributed by atoms with Gasteiger partial charge < -0.3 is 30.7 Å². The molecule has 0 heterocycles. The largest absolute Gasteiger partial charge is 0.480 e. The van der Waals surface area contributed by atoms with Crippen LogP contribution in [-0.2, 0) is 28.7 Å². The lowest BCUT2D eigenvalue weighted by Crippen LogP contribution is -2.47. The number of rotatable bonds is 14. The zero-order valence-corrected chi connectivity index (χ0v) is 18.1. The summed E-state index contributed by atoms with van der Waals surface area (Å²) in [5.41, 5.74) is -1.05. The van der Waals surface area contributed by atoms with Crippen molar-refractivity contribution in [3.8, 4) is 0 Å². The van der Waals surface area contributed by atoms with Crippen LogP contribution in [0.25, 0.3) is 0 Å². The van der Waals surface area contributed by atoms with Gasteiger partial charge in [0.15, 0.2) is 5.12 Å². The van der Waals surface area contributed by atoms with Gasteiger partial charge in [0, 0.05) is 37.5 Å². The molecule has 0 aromatic rings. The van der Waals surface area contributed by atoms with Crippen LogP contribution in [0.15, 0.2) is 0 Å². The highest BCUT2D eigenvalue weighted by Crippen LogP contribution is 2.19. The minimum absolute atomic E-state index is 0.0939. The molecular weight excluding hydrogens is 420 g/mol. The predicted octanol–water partition coefficient (Wildman–Crippen LogP) is -0.955. The second-order valence-corrected chi connectivity index (χ2v) is 8.25. The summed E-state index contributed by atoms with van der Waals surface area (Å²) in [6.07, 6.45) is -1.30. The van der Waals surface area contributed by atoms with Gasteiger partial charge in [-0.1, -0.05) is 25.6 Å². The van der Waals surface area contributed by atoms with Gasteiger partial charge in [0.2, 0.25) is 11.8 Å². The number of carboxylic acids is 1. The standard InChI is InChI=1S/C18H30N2O9S/c1-11(22)29-8-4-5-14(24)30-9-12(17(27)28)20-13(23)6-7-19-16(26)15(25)18(2,3)10-21/h12,15,21,25H,4-10H2,1-3H3,(H,19,26)(H,20,23)(H,27,28). The zero-order valence-electron chi connectivity index (χ0n) is 17.3. The van der Waals surface area contributed by atoms with Gasteiger partial charge in [-0.15, -0.1) is 0 Å². The van der Waals surface area contributed by atoms with Crippen molar-refractivity contribution in [2.45, 2.75) is 52.2 Å². The van der Waals surface area contributed by atoms with Crippen LogP contribution in [0, 0.1) is 5.41 Å². The number of aliphatic hydroxyl groups excluding tert-OH is 2. The van der Waals surface area contributed by atoms with E-state index in [1.165, 1.54) is 20.8 Å². The van der Waals surface area contributed by atoms with E-state index in [0.29, 0.717) is 6.42 Å². The summed E-state index contributed by atoms with van der Waals surface area (Å²) in [6, 6.07) is -1.30. The second-order valence-electron chi connectivity index (χ2n) is 7.18. The Morgan fingerprint density at radius 1 is 1.13 bits per heavy atom. The molecule has 0 aliphatic carbocycles. The van der Waals surface area contributed by atoms with Crippen LogP contribution in [0.4, 0.5) is 0 Å². The van der Waals surface area contributed by atoms with Gasteiger partial charge in [-0.3, -0.25) is 19.2 Å². The Hall–Kier alpha value is -2.18. The van der Waals surface area contributed by atoms with Crippen molar-refractivity contribution in [1.82, 2.24) is 10.6 Å². The molecule has 2 atom stereocenters. The van der Waals surface area contributed by atoms with Gasteiger partial charge in [0.1, 0.15) is 12.1 Å². The number of amides is 2. The van der Waals surface area contributed by atoms with Crippen molar-refractivity contribution >= 4 is 40.6 Å². The molecule has 0 radical (unpaired) electrons. The summed E-state index contributed by atoms with van der Waals surface area (Å²) in [5, 5.41) is 32.5. The summed E-state index contributed by atoms with van der Waals surface area (Å²) in [4.78, 5) is 57.4. The molecule has 11 nitrogen and oxygen atoms in total. The number of esters is 1. The van der Waals surface area contributed by atoms with Crippen LogP contribution in [0.3, 0.4) is 0 Å². The first-order valence-electron chi connectivity index (χ1n) is 9.28. The fraction of sp³-hybridized carbons (Fsp3) is 0.722. The fourth-order valence-corrected chi connectivity index (χ4v) is 2.83. The van der Waals surface area contributed by atoms with E-state index in [1.54, 1.807) is 0 Å². The monoisotopic (exact) mass is 450 g/mol. The number of carboxylic acid groups (broad SMARTS) is 1. The van der Waals surface area contributed by atoms with Gasteiger partial charge >= 0.3 is 11.9 Å². The zero-order chi connectivity index (χ0) is 23.3. The van der Waals surface area contributed by atoms with Gasteiger partial charge in [-0.25, -0.2) is 4.79 Å². The van der Waals surface area contributed by atoms with E-state index in [9.17, 15) is 34.2 Å². The Bertz CT molecular complexity index is 625. The number of aliphatic hydroxyl groups is 2. The Kier molecular flexibility index (Phi) is 12.9. The molecule has 0 aromatic carbocycles. The van der Waals surface area contributed by atoms with Gasteiger partial charge in [0.05, 0.1) is 13.2 Å². The number of carbonyl (C=O) groups excluding carboxylic acids is 4. The molecule has 0 aliphatic rings. The molecule has 172 valence electrons. The maximum absolute atomic E-state index is 11.9. The lowest BCUT2D eigenvalue weighted by atomic mass is 9.87. The Balaban J connectivity index is 4.31. The molecule has 0 bridgehead atoms. The number of ether oxygens (including phenoxy) is 1. The fourth-order valence-electron chi connectivity index (χ4n) is 1.96. The highest BCUT2D eigenvalue weighted by Gasteiger charge is 2.32. The van der Waals surface area contributed by atoms with Crippen molar-refractivity contribution in [2.75, 3.05) is 25.5 Å². The molecular formula is C18H30N2O9S. The molecule has 0 spiro atoms. The lowest BCUT2D eigenvalue weighted by Gasteiger charge is -2.27. The first kappa shape index (κ1) is 27.8. The van der Waals surface area contributed by atoms with E-state index < -0.39 is 47.9 Å². The van der Waals surface area contributed by atoms with Crippen LogP contribution in [0.1, 0.15) is 40.0 Å². The molecule has 0 saturated heterocycles. The quantitative estimate of drug-likeness (QED) is 0.163. The smallest absolute Gasteiger partial charge is 0.327 e. The van der Waals surface area contributed by atoms with Gasteiger partial charge in [-0.2, -0.15) is 0 Å². The third-order valence-corrected chi connectivity index (χ3v) is 4.95. The van der Waals surface area contributed by atoms with Crippen LogP contribution < -0.4 is 10.6 Å². The van der Waals surface area contributed by atoms with Crippen LogP contribution >= 0.6 is 11.8 Å². The maximum atomic E-state index is 11.9. The number of hydrogen-bond donors (Lipinski definition) is 5. The van der Waals surface area contributed by atoms with Crippen LogP contribution in [0.5, 0.6) is 0 Å². The average Bonchev–Trinajstić information content (AvgIpc) is 2.67. The topological polar surface area (TPSA) is 179 Å². The summed E-state index contributed by atoms with van der Waals surface area (Å²) >= 11 is 0.750. The molecule has 0 fully saturated rings. The number of thioether (sulfide) groups is 1. The van der Waals surface area contributed by atoms with Gasteiger partial charge in [0.25, 0.3) is 0 Å². The maximum Gasteiger partial charge on any atom is 0.327 e. The Morgan fingerprint density at radius 3 is 2.30 bits per heavy atom. The first-order chi connectivity index (χ1) is 13.9. The van der Waals surface area contributed by atoms with E-state index in [0.717, 1.165) is 11.8 Å². The average molecular weight is 451 g/mol. The number of aliphatic carboxylic acids is 1. The number of carbonyl (C=O) groups is 5. The molecule has 30 heavy (non-hydrogen) atoms.